The molecule has 12 aromatic rings. The van der Waals surface area contributed by atoms with E-state index in [2.05, 4.69) is 45.5 Å². The van der Waals surface area contributed by atoms with E-state index in [0.717, 1.165) is 82.4 Å². The normalized spacial score (nSPS) is 12.4. The van der Waals surface area contributed by atoms with E-state index < -0.39 is 11.7 Å². The van der Waals surface area contributed by atoms with Crippen molar-refractivity contribution in [3.8, 4) is 28.6 Å². The van der Waals surface area contributed by atoms with Crippen LogP contribution in [0.15, 0.2) is 160 Å². The third-order valence-electron chi connectivity index (χ3n) is 11.9. The summed E-state index contributed by atoms with van der Waals surface area (Å²) in [5.41, 5.74) is 6.92. The van der Waals surface area contributed by atoms with Gasteiger partial charge in [-0.15, -0.1) is 0 Å². The summed E-state index contributed by atoms with van der Waals surface area (Å²) in [5, 5.41) is 18.5. The standard InChI is InChI=1S/C51H28F3N3O2/c1-28-11-10-16-39(51(52,53)54)46(28)38-26-43(57-41-18-7-3-13-31(41)35-22-24-37-33-15-5-9-20-45(33)59-50(37)48(35)57)42(25-29(38)27-55)56-40-17-6-2-12-30(40)34-21-23-36-32-14-4-8-19-44(32)58-49(36)47(34)56/h2-26H,1H3. The molecule has 0 bridgehead atoms. The van der Waals surface area contributed by atoms with E-state index in [9.17, 15) is 18.4 Å². The van der Waals surface area contributed by atoms with Crippen LogP contribution in [0.25, 0.3) is 110 Å². The smallest absolute Gasteiger partial charge is 0.417 e. The minimum absolute atomic E-state index is 0.0408. The predicted molar refractivity (Wildman–Crippen MR) is 230 cm³/mol. The van der Waals surface area contributed by atoms with Gasteiger partial charge in [0.1, 0.15) is 11.2 Å². The number of fused-ring (bicyclic) bond motifs is 14. The molecule has 59 heavy (non-hydrogen) atoms. The van der Waals surface area contributed by atoms with Crippen molar-refractivity contribution in [2.75, 3.05) is 0 Å². The number of aryl methyl sites for hydroxylation is 1. The zero-order valence-electron chi connectivity index (χ0n) is 31.2. The molecule has 0 saturated carbocycles. The highest BCUT2D eigenvalue weighted by Crippen LogP contribution is 2.47. The van der Waals surface area contributed by atoms with Crippen molar-refractivity contribution in [1.82, 2.24) is 9.13 Å². The Balaban J connectivity index is 1.33. The van der Waals surface area contributed by atoms with E-state index in [1.165, 1.54) is 6.07 Å². The molecule has 0 amide bonds. The van der Waals surface area contributed by atoms with E-state index in [4.69, 9.17) is 8.83 Å². The van der Waals surface area contributed by atoms with Gasteiger partial charge in [-0.3, -0.25) is 0 Å². The van der Waals surface area contributed by atoms with Crippen LogP contribution in [-0.2, 0) is 6.18 Å². The molecule has 0 atom stereocenters. The second-order valence-corrected chi connectivity index (χ2v) is 15.1. The van der Waals surface area contributed by atoms with Gasteiger partial charge in [0, 0.05) is 48.7 Å². The van der Waals surface area contributed by atoms with E-state index in [1.54, 1.807) is 25.1 Å². The number of benzene rings is 8. The second kappa shape index (κ2) is 11.9. The molecule has 0 aliphatic rings. The lowest BCUT2D eigenvalue weighted by atomic mass is 9.90. The number of para-hydroxylation sites is 4. The van der Waals surface area contributed by atoms with Crippen molar-refractivity contribution in [2.45, 2.75) is 13.1 Å². The van der Waals surface area contributed by atoms with Gasteiger partial charge < -0.3 is 18.0 Å². The first kappa shape index (κ1) is 33.4. The Kier molecular flexibility index (Phi) is 6.73. The fourth-order valence-corrected chi connectivity index (χ4v) is 9.46. The lowest BCUT2D eigenvalue weighted by molar-refractivity contribution is -0.137. The fourth-order valence-electron chi connectivity index (χ4n) is 9.46. The maximum atomic E-state index is 15.0. The largest absolute Gasteiger partial charge is 0.454 e. The van der Waals surface area contributed by atoms with E-state index in [-0.39, 0.29) is 16.7 Å². The Morgan fingerprint density at radius 1 is 0.508 bits per heavy atom. The molecule has 0 radical (unpaired) electrons. The molecule has 0 spiro atoms. The number of furan rings is 2. The monoisotopic (exact) mass is 771 g/mol. The first-order chi connectivity index (χ1) is 28.8. The highest BCUT2D eigenvalue weighted by Gasteiger charge is 2.35. The van der Waals surface area contributed by atoms with Gasteiger partial charge in [-0.05, 0) is 72.6 Å². The molecule has 5 nitrogen and oxygen atoms in total. The lowest BCUT2D eigenvalue weighted by Gasteiger charge is -2.22. The van der Waals surface area contributed by atoms with Gasteiger partial charge in [0.25, 0.3) is 0 Å². The molecular weight excluding hydrogens is 744 g/mol. The van der Waals surface area contributed by atoms with E-state index in [0.29, 0.717) is 28.1 Å². The number of alkyl halides is 3. The van der Waals surface area contributed by atoms with Gasteiger partial charge in [-0.1, -0.05) is 97.1 Å². The molecule has 0 fully saturated rings. The molecule has 8 aromatic carbocycles. The third kappa shape index (κ3) is 4.55. The molecule has 0 N–H and O–H groups in total. The molecule has 8 heteroatoms. The van der Waals surface area contributed by atoms with Gasteiger partial charge in [0.15, 0.2) is 11.2 Å². The van der Waals surface area contributed by atoms with Crippen LogP contribution in [0.3, 0.4) is 0 Å². The van der Waals surface area contributed by atoms with E-state index in [1.807, 2.05) is 91.0 Å². The molecule has 0 unspecified atom stereocenters. The first-order valence-corrected chi connectivity index (χ1v) is 19.2. The number of aromatic nitrogens is 2. The average Bonchev–Trinajstić information content (AvgIpc) is 4.00. The minimum atomic E-state index is -4.68. The molecule has 12 rings (SSSR count). The van der Waals surface area contributed by atoms with Crippen LogP contribution in [0, 0.1) is 18.3 Å². The maximum absolute atomic E-state index is 15.0. The predicted octanol–water partition coefficient (Wildman–Crippen LogP) is 14.5. The summed E-state index contributed by atoms with van der Waals surface area (Å²) in [7, 11) is 0. The quantitative estimate of drug-likeness (QED) is 0.180. The zero-order chi connectivity index (χ0) is 39.7. The van der Waals surface area contributed by atoms with Gasteiger partial charge in [0.05, 0.1) is 50.6 Å². The minimum Gasteiger partial charge on any atom is -0.454 e. The van der Waals surface area contributed by atoms with Crippen LogP contribution in [0.5, 0.6) is 0 Å². The van der Waals surface area contributed by atoms with E-state index >= 15 is 0 Å². The van der Waals surface area contributed by atoms with Gasteiger partial charge in [-0.2, -0.15) is 18.4 Å². The highest BCUT2D eigenvalue weighted by atomic mass is 19.4. The third-order valence-corrected chi connectivity index (χ3v) is 11.9. The number of halogens is 3. The second-order valence-electron chi connectivity index (χ2n) is 15.1. The van der Waals surface area contributed by atoms with Crippen LogP contribution in [0.4, 0.5) is 13.2 Å². The molecule has 0 saturated heterocycles. The van der Waals surface area contributed by atoms with Crippen molar-refractivity contribution in [3.63, 3.8) is 0 Å². The number of hydrogen-bond acceptors (Lipinski definition) is 3. The Bertz CT molecular complexity index is 3810. The summed E-state index contributed by atoms with van der Waals surface area (Å²) < 4.78 is 62.6. The van der Waals surface area contributed by atoms with Crippen molar-refractivity contribution in [1.29, 1.82) is 5.26 Å². The summed E-state index contributed by atoms with van der Waals surface area (Å²) in [4.78, 5) is 0. The van der Waals surface area contributed by atoms with Gasteiger partial charge >= 0.3 is 6.18 Å². The van der Waals surface area contributed by atoms with Crippen molar-refractivity contribution >= 4 is 87.5 Å². The molecule has 4 aromatic heterocycles. The number of nitriles is 1. The lowest BCUT2D eigenvalue weighted by Crippen LogP contribution is -2.10. The average molecular weight is 772 g/mol. The Hall–Kier alpha value is -7.76. The van der Waals surface area contributed by atoms with Crippen LogP contribution in [-0.4, -0.2) is 9.13 Å². The highest BCUT2D eigenvalue weighted by molar-refractivity contribution is 6.23. The Morgan fingerprint density at radius 3 is 1.51 bits per heavy atom. The number of rotatable bonds is 3. The van der Waals surface area contributed by atoms with Crippen molar-refractivity contribution in [2.24, 2.45) is 0 Å². The zero-order valence-corrected chi connectivity index (χ0v) is 31.2. The number of nitrogens with zero attached hydrogens (tertiary/aromatic N) is 3. The summed E-state index contributed by atoms with van der Waals surface area (Å²) in [6, 6.07) is 50.1. The summed E-state index contributed by atoms with van der Waals surface area (Å²) in [5.74, 6) is 0. The molecule has 0 aliphatic carbocycles. The molecule has 0 aliphatic heterocycles. The molecule has 280 valence electrons. The van der Waals surface area contributed by atoms with Gasteiger partial charge in [-0.25, -0.2) is 0 Å². The SMILES string of the molecule is Cc1cccc(C(F)(F)F)c1-c1cc(-n2c3ccccc3c3ccc4c5ccccc5oc4c32)c(-n2c3ccccc3c3ccc4c5ccccc5oc4c32)cc1C#N. The first-order valence-electron chi connectivity index (χ1n) is 19.2. The Morgan fingerprint density at radius 2 is 0.983 bits per heavy atom. The fraction of sp³-hybridized carbons (Fsp3) is 0.0392. The summed E-state index contributed by atoms with van der Waals surface area (Å²) in [6.45, 7) is 1.66. The van der Waals surface area contributed by atoms with Crippen molar-refractivity contribution in [3.05, 3.63) is 168 Å². The van der Waals surface area contributed by atoms with Crippen LogP contribution >= 0.6 is 0 Å². The Labute approximate surface area is 332 Å². The van der Waals surface area contributed by atoms with Crippen LogP contribution < -0.4 is 0 Å². The topological polar surface area (TPSA) is 59.9 Å². The molecular formula is C51H28F3N3O2. The van der Waals surface area contributed by atoms with Gasteiger partial charge in [0.2, 0.25) is 0 Å². The van der Waals surface area contributed by atoms with Crippen LogP contribution in [0.2, 0.25) is 0 Å². The summed E-state index contributed by atoms with van der Waals surface area (Å²) in [6.07, 6.45) is -4.68. The maximum Gasteiger partial charge on any atom is 0.417 e. The molecule has 4 heterocycles. The van der Waals surface area contributed by atoms with Crippen LogP contribution in [0.1, 0.15) is 16.7 Å². The summed E-state index contributed by atoms with van der Waals surface area (Å²) >= 11 is 0. The number of hydrogen-bond donors (Lipinski definition) is 0. The van der Waals surface area contributed by atoms with Crippen molar-refractivity contribution < 1.29 is 22.0 Å².